The van der Waals surface area contributed by atoms with Gasteiger partial charge in [-0.1, -0.05) is 0 Å². The van der Waals surface area contributed by atoms with Gasteiger partial charge in [0.05, 0.1) is 6.61 Å². The first-order chi connectivity index (χ1) is 7.45. The molecule has 2 aliphatic heterocycles. The smallest absolute Gasteiger partial charge is 0.244 e. The summed E-state index contributed by atoms with van der Waals surface area (Å²) >= 11 is 0. The van der Waals surface area contributed by atoms with Crippen molar-refractivity contribution in [3.05, 3.63) is 0 Å². The van der Waals surface area contributed by atoms with Crippen LogP contribution in [-0.4, -0.2) is 68.3 Å². The highest BCUT2D eigenvalue weighted by molar-refractivity contribution is 5.73. The summed E-state index contributed by atoms with van der Waals surface area (Å²) in [4.78, 5) is 11.0. The Morgan fingerprint density at radius 1 is 1.56 bits per heavy atom. The Hall–Kier alpha value is -0.770. The molecule has 16 heavy (non-hydrogen) atoms. The van der Waals surface area contributed by atoms with E-state index >= 15 is 0 Å². The molecule has 2 rings (SSSR count). The summed E-state index contributed by atoms with van der Waals surface area (Å²) in [5.74, 6) is -0.688. The first kappa shape index (κ1) is 11.7. The largest absolute Gasteiger partial charge is 0.394 e. The zero-order valence-corrected chi connectivity index (χ0v) is 8.57. The molecule has 0 spiro atoms. The third-order valence-electron chi connectivity index (χ3n) is 2.97. The Bertz CT molecular complexity index is 313. The topological polar surface area (TPSA) is 132 Å². The van der Waals surface area contributed by atoms with Crippen LogP contribution in [0.15, 0.2) is 0 Å². The van der Waals surface area contributed by atoms with Gasteiger partial charge in [-0.25, -0.2) is 0 Å². The van der Waals surface area contributed by atoms with Gasteiger partial charge in [-0.3, -0.25) is 15.3 Å². The number of hydrogen-bond acceptors (Lipinski definition) is 7. The van der Waals surface area contributed by atoms with E-state index < -0.39 is 42.7 Å². The molecule has 0 aromatic heterocycles. The van der Waals surface area contributed by atoms with Gasteiger partial charge in [0.25, 0.3) is 0 Å². The first-order valence-electron chi connectivity index (χ1n) is 4.85. The van der Waals surface area contributed by atoms with Crippen molar-refractivity contribution in [2.45, 2.75) is 37.1 Å². The highest BCUT2D eigenvalue weighted by Gasteiger charge is 2.71. The number of aliphatic hydroxyl groups is 3. The molecule has 0 aromatic rings. The number of hydroxylamine groups is 2. The minimum Gasteiger partial charge on any atom is -0.394 e. The number of nitrogens with one attached hydrogen (secondary N) is 1. The number of aliphatic hydroxyl groups excluding tert-OH is 3. The predicted molar refractivity (Wildman–Crippen MR) is 47.9 cm³/mol. The van der Waals surface area contributed by atoms with Crippen LogP contribution in [0.1, 0.15) is 6.92 Å². The summed E-state index contributed by atoms with van der Waals surface area (Å²) in [6.07, 6.45) is -4.55. The van der Waals surface area contributed by atoms with Crippen molar-refractivity contribution in [3.63, 3.8) is 0 Å². The maximum absolute atomic E-state index is 11.0. The molecule has 0 saturated carbocycles. The number of carbonyl (C=O) groups is 1. The van der Waals surface area contributed by atoms with Gasteiger partial charge in [0.15, 0.2) is 11.9 Å². The number of fused-ring (bicyclic) bond motifs is 1. The lowest BCUT2D eigenvalue weighted by Gasteiger charge is -2.37. The van der Waals surface area contributed by atoms with Crippen molar-refractivity contribution in [3.8, 4) is 0 Å². The molecule has 8 heteroatoms. The molecule has 2 saturated heterocycles. The molecule has 0 aliphatic carbocycles. The van der Waals surface area contributed by atoms with Crippen molar-refractivity contribution in [2.24, 2.45) is 0 Å². The van der Waals surface area contributed by atoms with Crippen LogP contribution < -0.4 is 5.32 Å². The fourth-order valence-corrected chi connectivity index (χ4v) is 1.97. The SMILES string of the molecule is CC(=O)N(O)[C@@]12N[C@H]1O[C@H](CO)[C@@H](O)[C@@H]2O. The van der Waals surface area contributed by atoms with Crippen molar-refractivity contribution >= 4 is 5.91 Å². The number of ether oxygens (including phenoxy) is 1. The summed E-state index contributed by atoms with van der Waals surface area (Å²) in [5, 5.41) is 40.7. The summed E-state index contributed by atoms with van der Waals surface area (Å²) in [6, 6.07) is 0. The van der Waals surface area contributed by atoms with E-state index in [1.807, 2.05) is 0 Å². The second-order valence-corrected chi connectivity index (χ2v) is 3.97. The molecule has 0 aromatic carbocycles. The number of rotatable bonds is 2. The minimum atomic E-state index is -1.50. The van der Waals surface area contributed by atoms with Crippen LogP contribution in [0.25, 0.3) is 0 Å². The average molecular weight is 234 g/mol. The molecule has 5 N–H and O–H groups in total. The van der Waals surface area contributed by atoms with Gasteiger partial charge in [0.1, 0.15) is 18.3 Å². The number of amides is 1. The lowest BCUT2D eigenvalue weighted by atomic mass is 9.97. The summed E-state index contributed by atoms with van der Waals surface area (Å²) in [6.45, 7) is 0.654. The van der Waals surface area contributed by atoms with E-state index in [-0.39, 0.29) is 0 Å². The monoisotopic (exact) mass is 234 g/mol. The average Bonchev–Trinajstić information content (AvgIpc) is 2.98. The molecular weight excluding hydrogens is 220 g/mol. The van der Waals surface area contributed by atoms with E-state index in [0.29, 0.717) is 5.06 Å². The second kappa shape index (κ2) is 3.62. The molecular formula is C8H14N2O6. The Morgan fingerprint density at radius 2 is 2.19 bits per heavy atom. The van der Waals surface area contributed by atoms with E-state index in [9.17, 15) is 20.2 Å². The third kappa shape index (κ3) is 1.35. The minimum absolute atomic E-state index is 0.305. The first-order valence-corrected chi connectivity index (χ1v) is 4.85. The number of nitrogens with zero attached hydrogens (tertiary/aromatic N) is 1. The van der Waals surface area contributed by atoms with Crippen LogP contribution in [0.5, 0.6) is 0 Å². The maximum atomic E-state index is 11.0. The van der Waals surface area contributed by atoms with E-state index in [1.54, 1.807) is 0 Å². The molecule has 0 bridgehead atoms. The van der Waals surface area contributed by atoms with Gasteiger partial charge in [-0.05, 0) is 0 Å². The quantitative estimate of drug-likeness (QED) is 0.195. The highest BCUT2D eigenvalue weighted by Crippen LogP contribution is 2.41. The lowest BCUT2D eigenvalue weighted by molar-refractivity contribution is -0.238. The fraction of sp³-hybridized carbons (Fsp3) is 0.875. The van der Waals surface area contributed by atoms with Crippen LogP contribution in [-0.2, 0) is 9.53 Å². The van der Waals surface area contributed by atoms with Crippen molar-refractivity contribution in [2.75, 3.05) is 6.61 Å². The fourth-order valence-electron chi connectivity index (χ4n) is 1.97. The van der Waals surface area contributed by atoms with Gasteiger partial charge in [0, 0.05) is 6.92 Å². The zero-order chi connectivity index (χ0) is 12.1. The van der Waals surface area contributed by atoms with Gasteiger partial charge < -0.3 is 20.1 Å². The Balaban J connectivity index is 2.19. The normalized spacial score (nSPS) is 46.1. The summed E-state index contributed by atoms with van der Waals surface area (Å²) < 4.78 is 5.14. The predicted octanol–water partition coefficient (Wildman–Crippen LogP) is -3.04. The van der Waals surface area contributed by atoms with Crippen LogP contribution >= 0.6 is 0 Å². The van der Waals surface area contributed by atoms with Crippen molar-refractivity contribution < 1.29 is 30.1 Å². The maximum Gasteiger partial charge on any atom is 0.244 e. The van der Waals surface area contributed by atoms with Crippen LogP contribution in [0.3, 0.4) is 0 Å². The van der Waals surface area contributed by atoms with E-state index in [1.165, 1.54) is 0 Å². The Kier molecular flexibility index (Phi) is 2.65. The number of hydrogen-bond donors (Lipinski definition) is 5. The second-order valence-electron chi connectivity index (χ2n) is 3.97. The lowest BCUT2D eigenvalue weighted by Crippen LogP contribution is -2.62. The molecule has 2 heterocycles. The molecule has 2 fully saturated rings. The standard InChI is InChI=1S/C8H14N2O6/c1-3(12)10(15)8-6(14)5(13)4(2-11)16-7(8)9-8/h4-7,9,11,13-15H,2H2,1H3/t4-,5-,6+,7+,8-/m1/s1. The van der Waals surface area contributed by atoms with Gasteiger partial charge in [0.2, 0.25) is 5.91 Å². The van der Waals surface area contributed by atoms with E-state index in [0.717, 1.165) is 6.92 Å². The molecule has 5 atom stereocenters. The summed E-state index contributed by atoms with van der Waals surface area (Å²) in [5.41, 5.74) is -1.50. The van der Waals surface area contributed by atoms with Gasteiger partial charge in [-0.2, -0.15) is 5.06 Å². The Morgan fingerprint density at radius 3 is 2.69 bits per heavy atom. The molecule has 92 valence electrons. The van der Waals surface area contributed by atoms with Gasteiger partial charge in [-0.15, -0.1) is 0 Å². The molecule has 0 radical (unpaired) electrons. The Labute approximate surface area is 91.0 Å². The summed E-state index contributed by atoms with van der Waals surface area (Å²) in [7, 11) is 0. The molecule has 1 amide bonds. The molecule has 8 nitrogen and oxygen atoms in total. The van der Waals surface area contributed by atoms with E-state index in [2.05, 4.69) is 5.32 Å². The van der Waals surface area contributed by atoms with Crippen molar-refractivity contribution in [1.29, 1.82) is 0 Å². The molecule has 0 unspecified atom stereocenters. The van der Waals surface area contributed by atoms with Crippen LogP contribution in [0, 0.1) is 0 Å². The van der Waals surface area contributed by atoms with Crippen LogP contribution in [0.2, 0.25) is 0 Å². The highest BCUT2D eigenvalue weighted by atomic mass is 16.6. The van der Waals surface area contributed by atoms with E-state index in [4.69, 9.17) is 9.84 Å². The number of carbonyl (C=O) groups excluding carboxylic acids is 1. The zero-order valence-electron chi connectivity index (χ0n) is 8.57. The van der Waals surface area contributed by atoms with Crippen molar-refractivity contribution in [1.82, 2.24) is 10.4 Å². The van der Waals surface area contributed by atoms with Crippen LogP contribution in [0.4, 0.5) is 0 Å². The van der Waals surface area contributed by atoms with Gasteiger partial charge >= 0.3 is 0 Å². The molecule has 2 aliphatic rings. The third-order valence-corrected chi connectivity index (χ3v) is 2.97.